The van der Waals surface area contributed by atoms with E-state index in [4.69, 9.17) is 9.97 Å². The van der Waals surface area contributed by atoms with Crippen LogP contribution in [0.25, 0.3) is 56.5 Å². The van der Waals surface area contributed by atoms with Gasteiger partial charge in [0.15, 0.2) is 0 Å². The number of aromatic amines is 2. The van der Waals surface area contributed by atoms with Crippen LogP contribution in [0.4, 0.5) is 0 Å². The number of H-pyrrole nitrogens is 2. The molecule has 8 nitrogen and oxygen atoms in total. The molecule has 0 amide bonds. The van der Waals surface area contributed by atoms with Crippen molar-refractivity contribution >= 4 is 68.4 Å². The third kappa shape index (κ3) is 5.91. The third-order valence-electron chi connectivity index (χ3n) is 8.22. The Kier molecular flexibility index (Phi) is 9.09. The molecule has 9 heteroatoms. The summed E-state index contributed by atoms with van der Waals surface area (Å²) in [7, 11) is 0. The molecule has 8 bridgehead atoms. The molecule has 3 aromatic rings. The Morgan fingerprint density at radius 1 is 0.674 bits per heavy atom. The number of aryl methyl sites for hydroxylation is 2. The van der Waals surface area contributed by atoms with Gasteiger partial charge < -0.3 is 20.2 Å². The van der Waals surface area contributed by atoms with E-state index in [-0.39, 0.29) is 29.9 Å². The quantitative estimate of drug-likeness (QED) is 0.189. The molecule has 0 fully saturated rings. The topological polar surface area (TPSA) is 132 Å². The van der Waals surface area contributed by atoms with E-state index in [0.29, 0.717) is 24.2 Å². The minimum atomic E-state index is -0.889. The van der Waals surface area contributed by atoms with Gasteiger partial charge in [-0.25, -0.2) is 9.97 Å². The van der Waals surface area contributed by atoms with Crippen LogP contribution < -0.4 is 0 Å². The van der Waals surface area contributed by atoms with Gasteiger partial charge in [0.1, 0.15) is 0 Å². The van der Waals surface area contributed by atoms with Gasteiger partial charge >= 0.3 is 11.9 Å². The predicted octanol–water partition coefficient (Wildman–Crippen LogP) is 7.81. The number of carboxylic acid groups (broad SMARTS) is 2. The van der Waals surface area contributed by atoms with E-state index in [9.17, 15) is 19.8 Å². The molecule has 225 valence electrons. The van der Waals surface area contributed by atoms with Gasteiger partial charge in [0.2, 0.25) is 0 Å². The fraction of sp³-hybridized carbons (Fsp3) is 0.235. The van der Waals surface area contributed by atoms with E-state index in [2.05, 4.69) is 29.2 Å². The number of carbonyl (C=O) groups is 2. The Labute approximate surface area is 260 Å². The summed E-state index contributed by atoms with van der Waals surface area (Å²) in [5.41, 5.74) is 13.7. The third-order valence-corrected chi connectivity index (χ3v) is 8.22. The zero-order valence-electron chi connectivity index (χ0n) is 24.6. The van der Waals surface area contributed by atoms with E-state index in [1.807, 2.05) is 58.0 Å². The summed E-state index contributed by atoms with van der Waals surface area (Å²) in [6, 6.07) is 7.88. The van der Waals surface area contributed by atoms with Crippen molar-refractivity contribution in [2.24, 2.45) is 0 Å². The molecule has 0 atom stereocenters. The first-order valence-corrected chi connectivity index (χ1v) is 13.9. The molecule has 0 aromatic carbocycles. The number of rotatable bonds is 8. The van der Waals surface area contributed by atoms with Gasteiger partial charge in [-0.05, 0) is 98.2 Å². The second kappa shape index (κ2) is 12.4. The summed E-state index contributed by atoms with van der Waals surface area (Å²) in [5, 5.41) is 18.9. The second-order valence-corrected chi connectivity index (χ2v) is 10.7. The number of aromatic nitrogens is 4. The minimum absolute atomic E-state index is 0. The van der Waals surface area contributed by atoms with Gasteiger partial charge in [-0.3, -0.25) is 9.59 Å². The Bertz CT molecular complexity index is 1920. The number of aliphatic carboxylic acids is 2. The van der Waals surface area contributed by atoms with Crippen LogP contribution in [0.5, 0.6) is 0 Å². The molecule has 3 aromatic heterocycles. The fourth-order valence-corrected chi connectivity index (χ4v) is 5.77. The van der Waals surface area contributed by atoms with Crippen molar-refractivity contribution in [3.8, 4) is 0 Å². The van der Waals surface area contributed by atoms with Crippen LogP contribution in [0.3, 0.4) is 0 Å². The molecule has 0 spiro atoms. The molecule has 0 unspecified atom stereocenters. The molecule has 5 heterocycles. The Hall–Kier alpha value is -4.46. The van der Waals surface area contributed by atoms with Crippen molar-refractivity contribution in [3.05, 3.63) is 82.5 Å². The van der Waals surface area contributed by atoms with Crippen molar-refractivity contribution in [1.82, 2.24) is 19.9 Å². The monoisotopic (exact) mass is 625 g/mol. The summed E-state index contributed by atoms with van der Waals surface area (Å²) in [5.74, 6) is -1.78. The average molecular weight is 626 g/mol. The Morgan fingerprint density at radius 3 is 1.49 bits per heavy atom. The fourth-order valence-electron chi connectivity index (χ4n) is 5.77. The zero-order chi connectivity index (χ0) is 30.3. The van der Waals surface area contributed by atoms with Gasteiger partial charge in [-0.2, -0.15) is 0 Å². The van der Waals surface area contributed by atoms with Gasteiger partial charge in [-0.1, -0.05) is 25.3 Å². The minimum Gasteiger partial charge on any atom is -0.481 e. The van der Waals surface area contributed by atoms with Gasteiger partial charge in [0.05, 0.1) is 22.8 Å². The summed E-state index contributed by atoms with van der Waals surface area (Å²) in [6.07, 6.45) is 4.20. The van der Waals surface area contributed by atoms with Crippen LogP contribution in [0.1, 0.15) is 84.6 Å². The molecule has 2 aliphatic heterocycles. The molecule has 4 N–H and O–H groups in total. The average Bonchev–Trinajstić information content (AvgIpc) is 3.59. The number of fused-ring (bicyclic) bond motifs is 8. The van der Waals surface area contributed by atoms with Gasteiger partial charge in [0, 0.05) is 63.1 Å². The predicted molar refractivity (Wildman–Crippen MR) is 169 cm³/mol. The standard InChI is InChI=1S/C34H34N4O4.Cu/c1-7-21-17(3)25-13-26-19(5)23(9-11-33(39)40)31(37-26)16-32-24(10-12-34(41)42)20(6)28(38-32)15-30-22(8-2)18(4)27(36-30)14-29(21)35-25;/h7-8,13-16,35-36H,1-2,9-12H2,3-6H3,(H,39,40)(H,41,42);. The molecule has 0 aliphatic carbocycles. The van der Waals surface area contributed by atoms with Crippen LogP contribution in [-0.4, -0.2) is 42.1 Å². The van der Waals surface area contributed by atoms with Gasteiger partial charge in [0.25, 0.3) is 0 Å². The first kappa shape index (κ1) is 31.5. The van der Waals surface area contributed by atoms with Crippen LogP contribution in [0.15, 0.2) is 37.4 Å². The molecular weight excluding hydrogens is 592 g/mol. The summed E-state index contributed by atoms with van der Waals surface area (Å²) >= 11 is 0. The number of hydrogen-bond acceptors (Lipinski definition) is 4. The molecular formula is C34H34CuN4O4. The number of nitrogens with zero attached hydrogens (tertiary/aromatic N) is 2. The smallest absolute Gasteiger partial charge is 0.303 e. The van der Waals surface area contributed by atoms with Gasteiger partial charge in [-0.15, -0.1) is 0 Å². The van der Waals surface area contributed by atoms with Crippen molar-refractivity contribution < 1.29 is 36.9 Å². The number of allylic oxidation sites excluding steroid dienone is 4. The first-order valence-electron chi connectivity index (χ1n) is 13.9. The Balaban J connectivity index is 0.00000423. The summed E-state index contributed by atoms with van der Waals surface area (Å²) in [6.45, 7) is 16.1. The van der Waals surface area contributed by atoms with Crippen molar-refractivity contribution in [3.63, 3.8) is 0 Å². The van der Waals surface area contributed by atoms with Crippen LogP contribution in [-0.2, 0) is 26.7 Å². The van der Waals surface area contributed by atoms with E-state index in [1.54, 1.807) is 0 Å². The second-order valence-electron chi connectivity index (χ2n) is 10.7. The molecule has 2 aliphatic rings. The van der Waals surface area contributed by atoms with Crippen molar-refractivity contribution in [1.29, 1.82) is 0 Å². The van der Waals surface area contributed by atoms with E-state index in [0.717, 1.165) is 78.0 Å². The van der Waals surface area contributed by atoms with E-state index < -0.39 is 11.9 Å². The van der Waals surface area contributed by atoms with E-state index in [1.165, 1.54) is 0 Å². The van der Waals surface area contributed by atoms with Crippen LogP contribution >= 0.6 is 0 Å². The maximum Gasteiger partial charge on any atom is 0.303 e. The SMILES string of the molecule is C=Cc1c(C)c2cc3[nH]c(cc4nc(cc5nc(cc1[nH]2)C(C)=C5CCC(=O)O)C(CCC(=O)O)=C4C)c(C)c3C=C.[Cu]. The normalized spacial score (nSPS) is 12.7. The molecule has 43 heavy (non-hydrogen) atoms. The van der Waals surface area contributed by atoms with Crippen LogP contribution in [0.2, 0.25) is 0 Å². The molecule has 0 saturated carbocycles. The number of hydrogen-bond donors (Lipinski definition) is 4. The molecule has 0 saturated heterocycles. The van der Waals surface area contributed by atoms with E-state index >= 15 is 0 Å². The maximum atomic E-state index is 11.5. The first-order chi connectivity index (χ1) is 20.0. The molecule has 1 radical (unpaired) electrons. The van der Waals surface area contributed by atoms with Crippen molar-refractivity contribution in [2.45, 2.75) is 53.4 Å². The number of nitrogens with one attached hydrogen (secondary N) is 2. The number of carboxylic acids is 2. The summed E-state index contributed by atoms with van der Waals surface area (Å²) < 4.78 is 0. The summed E-state index contributed by atoms with van der Waals surface area (Å²) in [4.78, 5) is 40.0. The maximum absolute atomic E-state index is 11.5. The largest absolute Gasteiger partial charge is 0.481 e. The zero-order valence-corrected chi connectivity index (χ0v) is 25.6. The van der Waals surface area contributed by atoms with Crippen molar-refractivity contribution in [2.75, 3.05) is 0 Å². The Morgan fingerprint density at radius 2 is 1.07 bits per heavy atom. The molecule has 5 rings (SSSR count). The van der Waals surface area contributed by atoms with Crippen LogP contribution in [0, 0.1) is 13.8 Å².